The zero-order chi connectivity index (χ0) is 17.3. The van der Waals surface area contributed by atoms with Crippen molar-refractivity contribution in [3.8, 4) is 5.75 Å². The SMILES string of the molecule is COc1ccc(C)nc1NC(=O)NC1CCS(=O)(=O)C(C)(C)C1. The van der Waals surface area contributed by atoms with Crippen LogP contribution in [0.3, 0.4) is 0 Å². The van der Waals surface area contributed by atoms with Gasteiger partial charge >= 0.3 is 6.03 Å². The molecule has 8 heteroatoms. The number of nitrogens with zero attached hydrogens (tertiary/aromatic N) is 1. The molecule has 2 amide bonds. The van der Waals surface area contributed by atoms with Crippen molar-refractivity contribution in [2.24, 2.45) is 0 Å². The minimum Gasteiger partial charge on any atom is -0.493 e. The van der Waals surface area contributed by atoms with Gasteiger partial charge in [0.2, 0.25) is 0 Å². The van der Waals surface area contributed by atoms with Crippen molar-refractivity contribution in [1.82, 2.24) is 10.3 Å². The average molecular weight is 341 g/mol. The number of methoxy groups -OCH3 is 1. The Morgan fingerprint density at radius 3 is 2.70 bits per heavy atom. The minimum absolute atomic E-state index is 0.0803. The molecule has 1 aliphatic rings. The molecule has 1 aliphatic heterocycles. The van der Waals surface area contributed by atoms with Crippen LogP contribution < -0.4 is 15.4 Å². The molecule has 2 heterocycles. The summed E-state index contributed by atoms with van der Waals surface area (Å²) in [6, 6.07) is 2.91. The number of ether oxygens (including phenoxy) is 1. The second-order valence-electron chi connectivity index (χ2n) is 6.37. The summed E-state index contributed by atoms with van der Waals surface area (Å²) in [5, 5.41) is 5.48. The Morgan fingerprint density at radius 2 is 2.09 bits per heavy atom. The van der Waals surface area contributed by atoms with E-state index in [1.54, 1.807) is 26.0 Å². The van der Waals surface area contributed by atoms with Gasteiger partial charge in [0.05, 0.1) is 17.6 Å². The number of hydrogen-bond donors (Lipinski definition) is 2. The van der Waals surface area contributed by atoms with E-state index in [1.807, 2.05) is 6.92 Å². The number of pyridine rings is 1. The topological polar surface area (TPSA) is 97.4 Å². The van der Waals surface area contributed by atoms with Gasteiger partial charge in [-0.25, -0.2) is 18.2 Å². The van der Waals surface area contributed by atoms with Gasteiger partial charge in [0, 0.05) is 11.7 Å². The molecule has 1 unspecified atom stereocenters. The smallest absolute Gasteiger partial charge is 0.320 e. The second kappa shape index (κ2) is 6.35. The summed E-state index contributed by atoms with van der Waals surface area (Å²) in [7, 11) is -1.61. The van der Waals surface area contributed by atoms with Gasteiger partial charge in [-0.2, -0.15) is 0 Å². The van der Waals surface area contributed by atoms with Gasteiger partial charge in [0.25, 0.3) is 0 Å². The van der Waals surface area contributed by atoms with E-state index in [2.05, 4.69) is 15.6 Å². The van der Waals surface area contributed by atoms with Gasteiger partial charge in [0.1, 0.15) is 0 Å². The number of rotatable bonds is 3. The predicted octanol–water partition coefficient (Wildman–Crippen LogP) is 1.88. The van der Waals surface area contributed by atoms with Crippen molar-refractivity contribution < 1.29 is 17.9 Å². The van der Waals surface area contributed by atoms with Crippen molar-refractivity contribution in [3.05, 3.63) is 17.8 Å². The first-order valence-corrected chi connectivity index (χ1v) is 9.11. The second-order valence-corrected chi connectivity index (χ2v) is 9.11. The standard InChI is InChI=1S/C15H23N3O4S/c1-10-5-6-12(22-4)13(16-10)18-14(19)17-11-7-8-23(20,21)15(2,3)9-11/h5-6,11H,7-9H2,1-4H3,(H2,16,17,18,19). The van der Waals surface area contributed by atoms with Gasteiger partial charge in [-0.05, 0) is 45.7 Å². The Bertz CT molecular complexity index is 701. The highest BCUT2D eigenvalue weighted by Crippen LogP contribution is 2.30. The van der Waals surface area contributed by atoms with Gasteiger partial charge < -0.3 is 10.1 Å². The Balaban J connectivity index is 2.02. The number of carbonyl (C=O) groups excluding carboxylic acids is 1. The first-order valence-electron chi connectivity index (χ1n) is 7.46. The fourth-order valence-electron chi connectivity index (χ4n) is 2.65. The summed E-state index contributed by atoms with van der Waals surface area (Å²) in [4.78, 5) is 16.4. The maximum Gasteiger partial charge on any atom is 0.320 e. The number of carbonyl (C=O) groups is 1. The van der Waals surface area contributed by atoms with Crippen molar-refractivity contribution >= 4 is 21.7 Å². The maximum atomic E-state index is 12.2. The van der Waals surface area contributed by atoms with Gasteiger partial charge in [-0.15, -0.1) is 0 Å². The molecule has 0 aliphatic carbocycles. The third kappa shape index (κ3) is 3.93. The van der Waals surface area contributed by atoms with E-state index in [0.29, 0.717) is 24.4 Å². The number of hydrogen-bond acceptors (Lipinski definition) is 5. The lowest BCUT2D eigenvalue weighted by molar-refractivity contribution is 0.245. The highest BCUT2D eigenvalue weighted by Gasteiger charge is 2.41. The van der Waals surface area contributed by atoms with E-state index in [4.69, 9.17) is 4.74 Å². The van der Waals surface area contributed by atoms with Gasteiger partial charge in [-0.3, -0.25) is 5.32 Å². The summed E-state index contributed by atoms with van der Waals surface area (Å²) >= 11 is 0. The largest absolute Gasteiger partial charge is 0.493 e. The lowest BCUT2D eigenvalue weighted by atomic mass is 10.0. The van der Waals surface area contributed by atoms with Crippen LogP contribution in [0.25, 0.3) is 0 Å². The first kappa shape index (κ1) is 17.5. The molecule has 2 N–H and O–H groups in total. The zero-order valence-corrected chi connectivity index (χ0v) is 14.7. The van der Waals surface area contributed by atoms with E-state index in [9.17, 15) is 13.2 Å². The molecule has 2 rings (SSSR count). The van der Waals surface area contributed by atoms with E-state index >= 15 is 0 Å². The number of sulfone groups is 1. The number of aromatic nitrogens is 1. The van der Waals surface area contributed by atoms with Crippen LogP contribution in [0.4, 0.5) is 10.6 Å². The molecular formula is C15H23N3O4S. The minimum atomic E-state index is -3.11. The molecule has 7 nitrogen and oxygen atoms in total. The third-order valence-electron chi connectivity index (χ3n) is 4.10. The third-order valence-corrected chi connectivity index (χ3v) is 6.72. The Hall–Kier alpha value is -1.83. The highest BCUT2D eigenvalue weighted by atomic mass is 32.2. The van der Waals surface area contributed by atoms with Gasteiger partial charge in [-0.1, -0.05) is 0 Å². The average Bonchev–Trinajstić information content (AvgIpc) is 2.43. The van der Waals surface area contributed by atoms with Crippen molar-refractivity contribution in [3.63, 3.8) is 0 Å². The molecule has 1 aromatic rings. The van der Waals surface area contributed by atoms with Crippen molar-refractivity contribution in [1.29, 1.82) is 0 Å². The summed E-state index contributed by atoms with van der Waals surface area (Å²) in [5.41, 5.74) is 0.756. The van der Waals surface area contributed by atoms with Crippen molar-refractivity contribution in [2.45, 2.75) is 44.4 Å². The van der Waals surface area contributed by atoms with E-state index in [1.165, 1.54) is 7.11 Å². The van der Waals surface area contributed by atoms with Crippen LogP contribution in [0.1, 0.15) is 32.4 Å². The molecule has 23 heavy (non-hydrogen) atoms. The molecule has 0 aromatic carbocycles. The molecular weight excluding hydrogens is 318 g/mol. The van der Waals surface area contributed by atoms with Crippen LogP contribution in [-0.4, -0.2) is 43.1 Å². The van der Waals surface area contributed by atoms with Crippen molar-refractivity contribution in [2.75, 3.05) is 18.2 Å². The lowest BCUT2D eigenvalue weighted by Crippen LogP contribution is -2.50. The quantitative estimate of drug-likeness (QED) is 0.875. The predicted molar refractivity (Wildman–Crippen MR) is 88.6 cm³/mol. The Labute approximate surface area is 136 Å². The fraction of sp³-hybridized carbons (Fsp3) is 0.600. The lowest BCUT2D eigenvalue weighted by Gasteiger charge is -2.35. The Morgan fingerprint density at radius 1 is 1.39 bits per heavy atom. The molecule has 1 atom stereocenters. The number of nitrogens with one attached hydrogen (secondary N) is 2. The first-order chi connectivity index (χ1) is 10.6. The number of aryl methyl sites for hydroxylation is 1. The number of urea groups is 1. The zero-order valence-electron chi connectivity index (χ0n) is 13.8. The van der Waals surface area contributed by atoms with Crippen LogP contribution in [0.5, 0.6) is 5.75 Å². The summed E-state index contributed by atoms with van der Waals surface area (Å²) in [6.45, 7) is 5.20. The Kier molecular flexibility index (Phi) is 4.84. The van der Waals surface area contributed by atoms with Crippen LogP contribution in [-0.2, 0) is 9.84 Å². The van der Waals surface area contributed by atoms with Gasteiger partial charge in [0.15, 0.2) is 21.4 Å². The van der Waals surface area contributed by atoms with Crippen LogP contribution in [0.2, 0.25) is 0 Å². The molecule has 0 saturated carbocycles. The molecule has 1 fully saturated rings. The van der Waals surface area contributed by atoms with Crippen LogP contribution in [0.15, 0.2) is 12.1 Å². The molecule has 128 valence electrons. The number of anilines is 1. The fourth-order valence-corrected chi connectivity index (χ4v) is 4.25. The molecule has 0 spiro atoms. The monoisotopic (exact) mass is 341 g/mol. The van der Waals surface area contributed by atoms with E-state index < -0.39 is 20.6 Å². The van der Waals surface area contributed by atoms with E-state index in [-0.39, 0.29) is 11.8 Å². The maximum absolute atomic E-state index is 12.2. The number of amides is 2. The highest BCUT2D eigenvalue weighted by molar-refractivity contribution is 7.92. The van der Waals surface area contributed by atoms with E-state index in [0.717, 1.165) is 5.69 Å². The summed E-state index contributed by atoms with van der Waals surface area (Å²) in [6.07, 6.45) is 0.804. The molecule has 1 aromatic heterocycles. The molecule has 0 bridgehead atoms. The molecule has 0 radical (unpaired) electrons. The van der Waals surface area contributed by atoms with Crippen LogP contribution in [0, 0.1) is 6.92 Å². The molecule has 1 saturated heterocycles. The van der Waals surface area contributed by atoms with Crippen LogP contribution >= 0.6 is 0 Å². The normalized spacial score (nSPS) is 22.2. The summed E-state index contributed by atoms with van der Waals surface area (Å²) < 4.78 is 28.3. The summed E-state index contributed by atoms with van der Waals surface area (Å²) in [5.74, 6) is 0.890.